The van der Waals surface area contributed by atoms with E-state index in [9.17, 15) is 10.2 Å². The molecule has 1 unspecified atom stereocenters. The third-order valence-corrected chi connectivity index (χ3v) is 4.23. The number of hydrogen-bond acceptors (Lipinski definition) is 4. The molecular formula is C16H24ClNO3. The SMILES string of the molecule is OC1CCC(NCC(O)COCc2ccccc2Cl)CC1. The van der Waals surface area contributed by atoms with Gasteiger partial charge >= 0.3 is 0 Å². The van der Waals surface area contributed by atoms with Crippen molar-refractivity contribution in [1.82, 2.24) is 5.32 Å². The summed E-state index contributed by atoms with van der Waals surface area (Å²) in [6.45, 7) is 1.21. The lowest BCUT2D eigenvalue weighted by atomic mass is 9.93. The van der Waals surface area contributed by atoms with Gasteiger partial charge in [0.05, 0.1) is 25.4 Å². The summed E-state index contributed by atoms with van der Waals surface area (Å²) in [4.78, 5) is 0. The second-order valence-corrected chi connectivity index (χ2v) is 6.08. The van der Waals surface area contributed by atoms with E-state index in [-0.39, 0.29) is 12.7 Å². The van der Waals surface area contributed by atoms with Gasteiger partial charge in [-0.1, -0.05) is 29.8 Å². The monoisotopic (exact) mass is 313 g/mol. The van der Waals surface area contributed by atoms with Crippen molar-refractivity contribution >= 4 is 11.6 Å². The number of aliphatic hydroxyl groups excluding tert-OH is 2. The van der Waals surface area contributed by atoms with Gasteiger partial charge in [0, 0.05) is 17.6 Å². The summed E-state index contributed by atoms with van der Waals surface area (Å²) in [6, 6.07) is 7.94. The zero-order valence-corrected chi connectivity index (χ0v) is 12.9. The fourth-order valence-electron chi connectivity index (χ4n) is 2.56. The Hall–Kier alpha value is -0.650. The fourth-order valence-corrected chi connectivity index (χ4v) is 2.75. The van der Waals surface area contributed by atoms with Crippen LogP contribution in [-0.4, -0.2) is 41.6 Å². The van der Waals surface area contributed by atoms with Crippen molar-refractivity contribution in [2.24, 2.45) is 0 Å². The Morgan fingerprint density at radius 1 is 1.24 bits per heavy atom. The van der Waals surface area contributed by atoms with E-state index in [0.29, 0.717) is 24.2 Å². The minimum atomic E-state index is -0.528. The molecule has 0 heterocycles. The molecule has 0 aliphatic heterocycles. The molecule has 2 rings (SSSR count). The summed E-state index contributed by atoms with van der Waals surface area (Å²) < 4.78 is 5.50. The number of aliphatic hydroxyl groups is 2. The Kier molecular flexibility index (Phi) is 6.93. The lowest BCUT2D eigenvalue weighted by molar-refractivity contribution is 0.0258. The molecule has 3 N–H and O–H groups in total. The lowest BCUT2D eigenvalue weighted by Gasteiger charge is -2.27. The third kappa shape index (κ3) is 5.93. The first kappa shape index (κ1) is 16.7. The van der Waals surface area contributed by atoms with Crippen LogP contribution in [0.2, 0.25) is 5.02 Å². The first-order valence-corrected chi connectivity index (χ1v) is 7.93. The minimum absolute atomic E-state index is 0.146. The molecule has 0 spiro atoms. The van der Waals surface area contributed by atoms with Gasteiger partial charge in [-0.3, -0.25) is 0 Å². The zero-order valence-electron chi connectivity index (χ0n) is 12.2. The number of rotatable bonds is 7. The number of hydrogen-bond donors (Lipinski definition) is 3. The fraction of sp³-hybridized carbons (Fsp3) is 0.625. The minimum Gasteiger partial charge on any atom is -0.393 e. The Morgan fingerprint density at radius 2 is 1.95 bits per heavy atom. The maximum Gasteiger partial charge on any atom is 0.0897 e. The molecule has 1 aromatic rings. The molecule has 118 valence electrons. The van der Waals surface area contributed by atoms with Gasteiger partial charge in [0.2, 0.25) is 0 Å². The standard InChI is InChI=1S/C16H24ClNO3/c17-16-4-2-1-3-12(16)10-21-11-15(20)9-18-13-5-7-14(19)8-6-13/h1-4,13-15,18-20H,5-11H2. The average molecular weight is 314 g/mol. The van der Waals surface area contributed by atoms with E-state index >= 15 is 0 Å². The van der Waals surface area contributed by atoms with Crippen LogP contribution in [0.5, 0.6) is 0 Å². The van der Waals surface area contributed by atoms with Gasteiger partial charge in [-0.2, -0.15) is 0 Å². The highest BCUT2D eigenvalue weighted by molar-refractivity contribution is 6.31. The summed E-state index contributed by atoms with van der Waals surface area (Å²) in [5.41, 5.74) is 0.931. The average Bonchev–Trinajstić information content (AvgIpc) is 2.49. The molecule has 21 heavy (non-hydrogen) atoms. The molecule has 0 radical (unpaired) electrons. The number of nitrogens with one attached hydrogen (secondary N) is 1. The molecule has 0 bridgehead atoms. The predicted molar refractivity (Wildman–Crippen MR) is 83.4 cm³/mol. The molecule has 4 nitrogen and oxygen atoms in total. The molecule has 0 aromatic heterocycles. The van der Waals surface area contributed by atoms with Crippen molar-refractivity contribution in [3.05, 3.63) is 34.9 Å². The van der Waals surface area contributed by atoms with Gasteiger partial charge in [-0.05, 0) is 37.3 Å². The van der Waals surface area contributed by atoms with Crippen LogP contribution in [0.15, 0.2) is 24.3 Å². The van der Waals surface area contributed by atoms with Crippen molar-refractivity contribution < 1.29 is 14.9 Å². The van der Waals surface area contributed by atoms with Crippen molar-refractivity contribution in [3.8, 4) is 0 Å². The summed E-state index contributed by atoms with van der Waals surface area (Å²) in [5, 5.41) is 23.4. The summed E-state index contributed by atoms with van der Waals surface area (Å²) in [5.74, 6) is 0. The van der Waals surface area contributed by atoms with E-state index in [0.717, 1.165) is 31.2 Å². The maximum absolute atomic E-state index is 9.91. The Morgan fingerprint density at radius 3 is 2.67 bits per heavy atom. The predicted octanol–water partition coefficient (Wildman–Crippen LogP) is 2.11. The summed E-state index contributed by atoms with van der Waals surface area (Å²) in [6.07, 6.45) is 2.95. The van der Waals surface area contributed by atoms with E-state index in [4.69, 9.17) is 16.3 Å². The Labute approximate surface area is 131 Å². The van der Waals surface area contributed by atoms with Crippen LogP contribution < -0.4 is 5.32 Å². The normalized spacial score (nSPS) is 24.0. The Balaban J connectivity index is 1.59. The summed E-state index contributed by atoms with van der Waals surface area (Å²) >= 11 is 6.04. The molecule has 1 aliphatic rings. The van der Waals surface area contributed by atoms with Crippen molar-refractivity contribution in [3.63, 3.8) is 0 Å². The van der Waals surface area contributed by atoms with E-state index in [2.05, 4.69) is 5.32 Å². The molecule has 1 fully saturated rings. The third-order valence-electron chi connectivity index (χ3n) is 3.86. The zero-order chi connectivity index (χ0) is 15.1. The quantitative estimate of drug-likeness (QED) is 0.721. The van der Waals surface area contributed by atoms with Gasteiger partial charge in [-0.25, -0.2) is 0 Å². The molecule has 0 amide bonds. The van der Waals surface area contributed by atoms with Crippen LogP contribution in [0.25, 0.3) is 0 Å². The highest BCUT2D eigenvalue weighted by Gasteiger charge is 2.19. The summed E-state index contributed by atoms with van der Waals surface area (Å²) in [7, 11) is 0. The van der Waals surface area contributed by atoms with Crippen LogP contribution in [-0.2, 0) is 11.3 Å². The molecule has 1 saturated carbocycles. The van der Waals surface area contributed by atoms with Gasteiger partial charge in [-0.15, -0.1) is 0 Å². The molecule has 1 atom stereocenters. The molecule has 1 aromatic carbocycles. The van der Waals surface area contributed by atoms with Crippen molar-refractivity contribution in [2.75, 3.05) is 13.2 Å². The van der Waals surface area contributed by atoms with Crippen LogP contribution >= 0.6 is 11.6 Å². The largest absolute Gasteiger partial charge is 0.393 e. The van der Waals surface area contributed by atoms with Crippen molar-refractivity contribution in [1.29, 1.82) is 0 Å². The van der Waals surface area contributed by atoms with Gasteiger partial charge < -0.3 is 20.3 Å². The number of halogens is 1. The molecule has 0 saturated heterocycles. The van der Waals surface area contributed by atoms with E-state index in [1.54, 1.807) is 0 Å². The highest BCUT2D eigenvalue weighted by Crippen LogP contribution is 2.18. The van der Waals surface area contributed by atoms with E-state index in [1.165, 1.54) is 0 Å². The number of ether oxygens (including phenoxy) is 1. The van der Waals surface area contributed by atoms with E-state index in [1.807, 2.05) is 24.3 Å². The van der Waals surface area contributed by atoms with Gasteiger partial charge in [0.15, 0.2) is 0 Å². The first-order valence-electron chi connectivity index (χ1n) is 7.56. The molecule has 5 heteroatoms. The van der Waals surface area contributed by atoms with Crippen LogP contribution in [0.3, 0.4) is 0 Å². The van der Waals surface area contributed by atoms with Crippen LogP contribution in [0, 0.1) is 0 Å². The van der Waals surface area contributed by atoms with Gasteiger partial charge in [0.25, 0.3) is 0 Å². The highest BCUT2D eigenvalue weighted by atomic mass is 35.5. The smallest absolute Gasteiger partial charge is 0.0897 e. The van der Waals surface area contributed by atoms with Gasteiger partial charge in [0.1, 0.15) is 0 Å². The number of benzene rings is 1. The van der Waals surface area contributed by atoms with E-state index < -0.39 is 6.10 Å². The lowest BCUT2D eigenvalue weighted by Crippen LogP contribution is -2.40. The first-order chi connectivity index (χ1) is 10.1. The second-order valence-electron chi connectivity index (χ2n) is 5.67. The molecular weight excluding hydrogens is 290 g/mol. The van der Waals surface area contributed by atoms with Crippen LogP contribution in [0.1, 0.15) is 31.2 Å². The topological polar surface area (TPSA) is 61.7 Å². The molecule has 1 aliphatic carbocycles. The maximum atomic E-state index is 9.91. The Bertz CT molecular complexity index is 422. The second kappa shape index (κ2) is 8.71. The van der Waals surface area contributed by atoms with Crippen LogP contribution in [0.4, 0.5) is 0 Å². The van der Waals surface area contributed by atoms with Crippen molar-refractivity contribution in [2.45, 2.75) is 50.5 Å².